The van der Waals surface area contributed by atoms with E-state index >= 15 is 0 Å². The normalized spacial score (nSPS) is 14.7. The third kappa shape index (κ3) is 4.85. The van der Waals surface area contributed by atoms with Crippen LogP contribution >= 0.6 is 0 Å². The lowest BCUT2D eigenvalue weighted by molar-refractivity contribution is 0.191. The zero-order valence-electron chi connectivity index (χ0n) is 19.0. The Balaban J connectivity index is 1.44. The molecule has 0 radical (unpaired) electrons. The van der Waals surface area contributed by atoms with Gasteiger partial charge in [0.15, 0.2) is 0 Å². The van der Waals surface area contributed by atoms with Crippen molar-refractivity contribution in [2.75, 3.05) is 20.8 Å². The summed E-state index contributed by atoms with van der Waals surface area (Å²) >= 11 is 0. The summed E-state index contributed by atoms with van der Waals surface area (Å²) in [6.45, 7) is 2.00. The topological polar surface area (TPSA) is 120 Å². The number of carbonyl (C=O) groups is 1. The molecule has 1 N–H and O–H groups in total. The van der Waals surface area contributed by atoms with E-state index in [2.05, 4.69) is 10.5 Å². The molecule has 3 aromatic rings. The zero-order chi connectivity index (χ0) is 24.3. The van der Waals surface area contributed by atoms with Crippen LogP contribution in [0.2, 0.25) is 0 Å². The monoisotopic (exact) mass is 487 g/mol. The number of aromatic nitrogens is 1. The van der Waals surface area contributed by atoms with Crippen molar-refractivity contribution in [3.63, 3.8) is 0 Å². The van der Waals surface area contributed by atoms with Gasteiger partial charge < -0.3 is 24.1 Å². The number of hydrogen-bond donors (Lipinski definition) is 1. The van der Waals surface area contributed by atoms with Crippen molar-refractivity contribution in [3.8, 4) is 17.4 Å². The van der Waals surface area contributed by atoms with Crippen LogP contribution in [0.5, 0.6) is 17.4 Å². The first-order valence-electron chi connectivity index (χ1n) is 10.6. The molecule has 0 spiro atoms. The number of carbonyl (C=O) groups excluding carboxylic acids is 1. The van der Waals surface area contributed by atoms with E-state index in [0.29, 0.717) is 29.2 Å². The Morgan fingerprint density at radius 2 is 1.68 bits per heavy atom. The first kappa shape index (κ1) is 23.6. The maximum atomic E-state index is 13.1. The average Bonchev–Trinajstić information content (AvgIpc) is 3.25. The van der Waals surface area contributed by atoms with Crippen LogP contribution in [0.4, 0.5) is 4.79 Å². The molecular formula is C23H25N3O7S. The Morgan fingerprint density at radius 3 is 2.29 bits per heavy atom. The quantitative estimate of drug-likeness (QED) is 0.539. The number of nitrogens with one attached hydrogen (secondary N) is 1. The maximum Gasteiger partial charge on any atom is 0.414 e. The van der Waals surface area contributed by atoms with Gasteiger partial charge in [0.1, 0.15) is 17.3 Å². The van der Waals surface area contributed by atoms with Crippen molar-refractivity contribution < 1.29 is 31.9 Å². The van der Waals surface area contributed by atoms with Crippen LogP contribution in [0.3, 0.4) is 0 Å². The largest absolute Gasteiger partial charge is 0.497 e. The number of sulfonamides is 1. The smallest absolute Gasteiger partial charge is 0.414 e. The van der Waals surface area contributed by atoms with Crippen molar-refractivity contribution in [3.05, 3.63) is 65.4 Å². The SMILES string of the molecule is COc1ccc(C(C)NC(=O)Oc2noc3c2CN(S(=O)(=O)c2ccc(OC)cc2)CC3)cc1. The van der Waals surface area contributed by atoms with E-state index < -0.39 is 16.1 Å². The fraction of sp³-hybridized carbons (Fsp3) is 0.304. The molecule has 11 heteroatoms. The minimum absolute atomic E-state index is 0.0240. The van der Waals surface area contributed by atoms with Gasteiger partial charge in [0.05, 0.1) is 30.7 Å². The fourth-order valence-corrected chi connectivity index (χ4v) is 5.02. The van der Waals surface area contributed by atoms with Crippen LogP contribution in [0.1, 0.15) is 29.9 Å². The van der Waals surface area contributed by atoms with E-state index in [4.69, 9.17) is 18.7 Å². The second kappa shape index (κ2) is 9.74. The molecule has 1 aliphatic heterocycles. The van der Waals surface area contributed by atoms with Gasteiger partial charge in [-0.3, -0.25) is 0 Å². The first-order valence-corrected chi connectivity index (χ1v) is 12.0. The van der Waals surface area contributed by atoms with E-state index in [0.717, 1.165) is 5.56 Å². The van der Waals surface area contributed by atoms with Gasteiger partial charge in [-0.25, -0.2) is 13.2 Å². The molecule has 0 aliphatic carbocycles. The Hall–Kier alpha value is -3.57. The molecule has 2 aromatic carbocycles. The standard InChI is InChI=1S/C23H25N3O7S/c1-15(16-4-6-17(30-2)7-5-16)24-23(27)32-22-20-14-26(13-12-21(20)33-25-22)34(28,29)19-10-8-18(31-3)9-11-19/h4-11,15H,12-14H2,1-3H3,(H,24,27). The molecule has 10 nitrogen and oxygen atoms in total. The number of hydrogen-bond acceptors (Lipinski definition) is 8. The van der Waals surface area contributed by atoms with E-state index in [-0.39, 0.29) is 29.9 Å². The summed E-state index contributed by atoms with van der Waals surface area (Å²) in [4.78, 5) is 12.6. The minimum Gasteiger partial charge on any atom is -0.497 e. The van der Waals surface area contributed by atoms with E-state index in [9.17, 15) is 13.2 Å². The number of rotatable bonds is 7. The second-order valence-corrected chi connectivity index (χ2v) is 9.62. The number of amides is 1. The highest BCUT2D eigenvalue weighted by atomic mass is 32.2. The molecule has 1 aliphatic rings. The van der Waals surface area contributed by atoms with Gasteiger partial charge in [-0.1, -0.05) is 12.1 Å². The van der Waals surface area contributed by atoms with Crippen molar-refractivity contribution in [1.29, 1.82) is 0 Å². The Labute approximate surface area is 197 Å². The highest BCUT2D eigenvalue weighted by Gasteiger charge is 2.33. The van der Waals surface area contributed by atoms with Crippen LogP contribution in [-0.4, -0.2) is 44.7 Å². The van der Waals surface area contributed by atoms with Gasteiger partial charge in [-0.2, -0.15) is 4.31 Å². The summed E-state index contributed by atoms with van der Waals surface area (Å²) < 4.78 is 48.4. The predicted molar refractivity (Wildman–Crippen MR) is 121 cm³/mol. The Kier molecular flexibility index (Phi) is 6.75. The number of benzene rings is 2. The summed E-state index contributed by atoms with van der Waals surface area (Å²) in [5, 5.41) is 6.57. The highest BCUT2D eigenvalue weighted by molar-refractivity contribution is 7.89. The van der Waals surface area contributed by atoms with E-state index in [1.807, 2.05) is 19.1 Å². The number of nitrogens with zero attached hydrogens (tertiary/aromatic N) is 2. The lowest BCUT2D eigenvalue weighted by Crippen LogP contribution is -2.36. The molecule has 1 amide bonds. The molecule has 4 rings (SSSR count). The molecule has 180 valence electrons. The van der Waals surface area contributed by atoms with Crippen LogP contribution in [-0.2, 0) is 23.0 Å². The molecule has 0 saturated carbocycles. The van der Waals surface area contributed by atoms with Gasteiger partial charge in [0.2, 0.25) is 10.0 Å². The molecule has 1 atom stereocenters. The van der Waals surface area contributed by atoms with Gasteiger partial charge in [0.25, 0.3) is 5.88 Å². The fourth-order valence-electron chi connectivity index (χ4n) is 3.61. The molecule has 2 heterocycles. The molecule has 34 heavy (non-hydrogen) atoms. The van der Waals surface area contributed by atoms with Crippen LogP contribution < -0.4 is 19.5 Å². The average molecular weight is 488 g/mol. The van der Waals surface area contributed by atoms with Crippen LogP contribution in [0.25, 0.3) is 0 Å². The lowest BCUT2D eigenvalue weighted by Gasteiger charge is -2.25. The number of ether oxygens (including phenoxy) is 3. The van der Waals surface area contributed by atoms with Gasteiger partial charge in [-0.15, -0.1) is 0 Å². The predicted octanol–water partition coefficient (Wildman–Crippen LogP) is 3.29. The Morgan fingerprint density at radius 1 is 1.06 bits per heavy atom. The lowest BCUT2D eigenvalue weighted by atomic mass is 10.1. The Bertz CT molecular complexity index is 1250. The van der Waals surface area contributed by atoms with Crippen LogP contribution in [0, 0.1) is 0 Å². The number of fused-ring (bicyclic) bond motifs is 1. The summed E-state index contributed by atoms with van der Waals surface area (Å²) in [6.07, 6.45) is -0.417. The second-order valence-electron chi connectivity index (χ2n) is 7.68. The molecule has 1 aromatic heterocycles. The summed E-state index contributed by atoms with van der Waals surface area (Å²) in [5.41, 5.74) is 1.28. The highest BCUT2D eigenvalue weighted by Crippen LogP contribution is 2.31. The van der Waals surface area contributed by atoms with E-state index in [1.165, 1.54) is 23.5 Å². The molecule has 0 bridgehead atoms. The molecule has 1 unspecified atom stereocenters. The van der Waals surface area contributed by atoms with Gasteiger partial charge in [-0.05, 0) is 54.0 Å². The summed E-state index contributed by atoms with van der Waals surface area (Å²) in [5.74, 6) is 1.71. The summed E-state index contributed by atoms with van der Waals surface area (Å²) in [7, 11) is -0.681. The van der Waals surface area contributed by atoms with Crippen molar-refractivity contribution >= 4 is 16.1 Å². The molecule has 0 fully saturated rings. The van der Waals surface area contributed by atoms with Crippen molar-refractivity contribution in [2.45, 2.75) is 30.8 Å². The molecule has 0 saturated heterocycles. The minimum atomic E-state index is -3.77. The first-order chi connectivity index (χ1) is 16.3. The summed E-state index contributed by atoms with van der Waals surface area (Å²) in [6, 6.07) is 13.1. The van der Waals surface area contributed by atoms with Crippen molar-refractivity contribution in [2.24, 2.45) is 0 Å². The zero-order valence-corrected chi connectivity index (χ0v) is 19.8. The van der Waals surface area contributed by atoms with Crippen LogP contribution in [0.15, 0.2) is 57.9 Å². The van der Waals surface area contributed by atoms with Gasteiger partial charge in [0, 0.05) is 19.5 Å². The van der Waals surface area contributed by atoms with E-state index in [1.54, 1.807) is 31.4 Å². The van der Waals surface area contributed by atoms with Crippen molar-refractivity contribution in [1.82, 2.24) is 14.8 Å². The third-order valence-electron chi connectivity index (χ3n) is 5.59. The molecular weight excluding hydrogens is 462 g/mol. The maximum absolute atomic E-state index is 13.1. The van der Waals surface area contributed by atoms with Gasteiger partial charge >= 0.3 is 6.09 Å². The third-order valence-corrected chi connectivity index (χ3v) is 7.45. The number of methoxy groups -OCH3 is 2.